The summed E-state index contributed by atoms with van der Waals surface area (Å²) in [6, 6.07) is 14.4. The van der Waals surface area contributed by atoms with E-state index in [4.69, 9.17) is 9.97 Å². The molecule has 0 radical (unpaired) electrons. The van der Waals surface area contributed by atoms with Crippen LogP contribution in [0.5, 0.6) is 0 Å². The maximum atomic E-state index is 10.1. The van der Waals surface area contributed by atoms with Gasteiger partial charge in [-0.25, -0.2) is 9.97 Å². The van der Waals surface area contributed by atoms with Gasteiger partial charge in [0.2, 0.25) is 5.95 Å². The smallest absolute Gasteiger partial charge is 0.230 e. The van der Waals surface area contributed by atoms with Crippen LogP contribution in [-0.2, 0) is 19.5 Å². The molecular weight excluding hydrogens is 512 g/mol. The van der Waals surface area contributed by atoms with Gasteiger partial charge in [-0.3, -0.25) is 4.90 Å². The van der Waals surface area contributed by atoms with Crippen molar-refractivity contribution in [2.45, 2.75) is 59.2 Å². The Hall–Kier alpha value is -4.26. The molecule has 9 nitrogen and oxygen atoms in total. The Morgan fingerprint density at radius 2 is 1.93 bits per heavy atom. The lowest BCUT2D eigenvalue weighted by Gasteiger charge is -2.33. The minimum absolute atomic E-state index is 0.0702. The molecule has 2 N–H and O–H groups in total. The first-order valence-corrected chi connectivity index (χ1v) is 14.3. The third kappa shape index (κ3) is 5.53. The highest BCUT2D eigenvalue weighted by atomic mass is 16.3. The molecule has 0 aliphatic carbocycles. The number of anilines is 3. The first-order chi connectivity index (χ1) is 19.9. The number of fused-ring (bicyclic) bond motifs is 1. The summed E-state index contributed by atoms with van der Waals surface area (Å²) in [5.41, 5.74) is 8.82. The van der Waals surface area contributed by atoms with E-state index in [-0.39, 0.29) is 12.6 Å². The lowest BCUT2D eigenvalue weighted by atomic mass is 10.0. The Morgan fingerprint density at radius 1 is 1.10 bits per heavy atom. The second-order valence-corrected chi connectivity index (χ2v) is 11.2. The second-order valence-electron chi connectivity index (χ2n) is 11.2. The zero-order valence-corrected chi connectivity index (χ0v) is 23.9. The van der Waals surface area contributed by atoms with Gasteiger partial charge in [-0.1, -0.05) is 12.1 Å². The van der Waals surface area contributed by atoms with E-state index in [0.29, 0.717) is 23.9 Å². The Bertz CT molecular complexity index is 1600. The third-order valence-electron chi connectivity index (χ3n) is 8.48. The summed E-state index contributed by atoms with van der Waals surface area (Å²) >= 11 is 0. The lowest BCUT2D eigenvalue weighted by molar-refractivity contribution is 0.240. The van der Waals surface area contributed by atoms with Gasteiger partial charge in [-0.15, -0.1) is 0 Å². The highest BCUT2D eigenvalue weighted by Gasteiger charge is 2.31. The standard InChI is InChI=1S/C32H36N8O/c1-21-12-27(13-22(2)23(21)3)39-18-30(34-20-39)36-32-35-29-17-38(16-25-7-4-6-24(14-25)15-33)11-9-28(29)31(37-32)40-10-5-8-26(40)19-41/h4,6-7,12-14,18,20,26,41H,5,8-11,16-17,19H2,1-3H3,(H,35,36,37)/t26-/m0/s1. The molecule has 4 aromatic rings. The number of nitriles is 1. The van der Waals surface area contributed by atoms with Gasteiger partial charge < -0.3 is 19.9 Å². The van der Waals surface area contributed by atoms with Gasteiger partial charge in [0.1, 0.15) is 12.1 Å². The van der Waals surface area contributed by atoms with E-state index in [0.717, 1.165) is 67.2 Å². The summed E-state index contributed by atoms with van der Waals surface area (Å²) in [5, 5.41) is 22.8. The highest BCUT2D eigenvalue weighted by molar-refractivity contribution is 5.58. The molecule has 2 aromatic heterocycles. The van der Waals surface area contributed by atoms with E-state index < -0.39 is 0 Å². The molecule has 41 heavy (non-hydrogen) atoms. The van der Waals surface area contributed by atoms with Crippen molar-refractivity contribution in [2.75, 3.05) is 29.9 Å². The van der Waals surface area contributed by atoms with Crippen LogP contribution in [0.25, 0.3) is 5.69 Å². The molecule has 0 amide bonds. The zero-order valence-electron chi connectivity index (χ0n) is 23.9. The molecule has 4 heterocycles. The Kier molecular flexibility index (Phi) is 7.43. The molecule has 1 atom stereocenters. The monoisotopic (exact) mass is 548 g/mol. The van der Waals surface area contributed by atoms with Crippen molar-refractivity contribution in [3.63, 3.8) is 0 Å². The van der Waals surface area contributed by atoms with Crippen molar-refractivity contribution in [1.29, 1.82) is 5.26 Å². The average Bonchev–Trinajstić information content (AvgIpc) is 3.65. The number of benzene rings is 2. The molecule has 2 aliphatic rings. The fraction of sp³-hybridized carbons (Fsp3) is 0.375. The van der Waals surface area contributed by atoms with Crippen LogP contribution in [0, 0.1) is 32.1 Å². The number of aliphatic hydroxyl groups excluding tert-OH is 1. The van der Waals surface area contributed by atoms with Gasteiger partial charge in [-0.05, 0) is 86.6 Å². The van der Waals surface area contributed by atoms with Crippen LogP contribution in [0.4, 0.5) is 17.6 Å². The molecule has 210 valence electrons. The molecule has 2 aliphatic heterocycles. The summed E-state index contributed by atoms with van der Waals surface area (Å²) in [6.07, 6.45) is 6.60. The molecule has 1 fully saturated rings. The van der Waals surface area contributed by atoms with E-state index in [2.05, 4.69) is 65.1 Å². The van der Waals surface area contributed by atoms with Crippen molar-refractivity contribution in [3.05, 3.63) is 88.0 Å². The number of aromatic nitrogens is 4. The van der Waals surface area contributed by atoms with E-state index >= 15 is 0 Å². The first kappa shape index (κ1) is 26.9. The number of rotatable bonds is 7. The van der Waals surface area contributed by atoms with Crippen LogP contribution >= 0.6 is 0 Å². The van der Waals surface area contributed by atoms with Gasteiger partial charge >= 0.3 is 0 Å². The fourth-order valence-electron chi connectivity index (χ4n) is 6.00. The molecule has 2 aromatic carbocycles. The molecular formula is C32H36N8O. The normalized spacial score (nSPS) is 17.0. The minimum atomic E-state index is 0.0702. The molecule has 0 saturated carbocycles. The van der Waals surface area contributed by atoms with Crippen LogP contribution < -0.4 is 10.2 Å². The predicted octanol–water partition coefficient (Wildman–Crippen LogP) is 4.72. The van der Waals surface area contributed by atoms with Crippen molar-refractivity contribution in [2.24, 2.45) is 0 Å². The third-order valence-corrected chi connectivity index (χ3v) is 8.48. The summed E-state index contributed by atoms with van der Waals surface area (Å²) in [4.78, 5) is 19.2. The molecule has 9 heteroatoms. The summed E-state index contributed by atoms with van der Waals surface area (Å²) < 4.78 is 2.01. The molecule has 0 spiro atoms. The topological polar surface area (TPSA) is 106 Å². The van der Waals surface area contributed by atoms with E-state index in [1.54, 1.807) is 0 Å². The summed E-state index contributed by atoms with van der Waals surface area (Å²) in [7, 11) is 0. The fourth-order valence-corrected chi connectivity index (χ4v) is 6.00. The van der Waals surface area contributed by atoms with E-state index in [1.807, 2.05) is 35.3 Å². The van der Waals surface area contributed by atoms with Crippen LogP contribution in [0.3, 0.4) is 0 Å². The Morgan fingerprint density at radius 3 is 2.71 bits per heavy atom. The number of imidazole rings is 1. The predicted molar refractivity (Wildman–Crippen MR) is 160 cm³/mol. The van der Waals surface area contributed by atoms with Crippen LogP contribution in [-0.4, -0.2) is 55.3 Å². The maximum Gasteiger partial charge on any atom is 0.230 e. The van der Waals surface area contributed by atoms with Crippen molar-refractivity contribution >= 4 is 17.6 Å². The molecule has 1 saturated heterocycles. The quantitative estimate of drug-likeness (QED) is 0.342. The van der Waals surface area contributed by atoms with Gasteiger partial charge in [0, 0.05) is 37.4 Å². The zero-order chi connectivity index (χ0) is 28.5. The average molecular weight is 549 g/mol. The van der Waals surface area contributed by atoms with Crippen LogP contribution in [0.2, 0.25) is 0 Å². The summed E-state index contributed by atoms with van der Waals surface area (Å²) in [6.45, 7) is 9.71. The number of aliphatic hydroxyl groups is 1. The maximum absolute atomic E-state index is 10.1. The number of nitrogens with one attached hydrogen (secondary N) is 1. The lowest BCUT2D eigenvalue weighted by Crippen LogP contribution is -2.37. The molecule has 0 bridgehead atoms. The van der Waals surface area contributed by atoms with Crippen molar-refractivity contribution in [1.82, 2.24) is 24.4 Å². The SMILES string of the molecule is Cc1cc(-n2cnc(Nc3nc4c(c(N5CCC[C@H]5CO)n3)CCN(Cc3cccc(C#N)c3)C4)c2)cc(C)c1C. The second kappa shape index (κ2) is 11.3. The Balaban J connectivity index is 1.30. The van der Waals surface area contributed by atoms with Crippen LogP contribution in [0.15, 0.2) is 48.9 Å². The highest BCUT2D eigenvalue weighted by Crippen LogP contribution is 2.33. The Labute approximate surface area is 241 Å². The number of aryl methyl sites for hydroxylation is 2. The molecule has 6 rings (SSSR count). The van der Waals surface area contributed by atoms with Crippen molar-refractivity contribution < 1.29 is 5.11 Å². The summed E-state index contributed by atoms with van der Waals surface area (Å²) in [5.74, 6) is 2.11. The number of nitrogens with zero attached hydrogens (tertiary/aromatic N) is 7. The minimum Gasteiger partial charge on any atom is -0.394 e. The number of hydrogen-bond acceptors (Lipinski definition) is 8. The largest absolute Gasteiger partial charge is 0.394 e. The van der Waals surface area contributed by atoms with E-state index in [9.17, 15) is 10.4 Å². The van der Waals surface area contributed by atoms with Gasteiger partial charge in [0.15, 0.2) is 5.82 Å². The van der Waals surface area contributed by atoms with Gasteiger partial charge in [0.05, 0.1) is 36.2 Å². The first-order valence-electron chi connectivity index (χ1n) is 14.3. The van der Waals surface area contributed by atoms with Crippen molar-refractivity contribution in [3.8, 4) is 11.8 Å². The van der Waals surface area contributed by atoms with Crippen LogP contribution in [0.1, 0.15) is 51.9 Å². The van der Waals surface area contributed by atoms with Gasteiger partial charge in [0.25, 0.3) is 0 Å². The molecule has 0 unspecified atom stereocenters. The van der Waals surface area contributed by atoms with E-state index in [1.165, 1.54) is 16.7 Å². The number of hydrogen-bond donors (Lipinski definition) is 2. The van der Waals surface area contributed by atoms with Gasteiger partial charge in [-0.2, -0.15) is 10.2 Å².